The average Bonchev–Trinajstić information content (AvgIpc) is 3.34. The zero-order valence-electron chi connectivity index (χ0n) is 30.6. The second-order valence-corrected chi connectivity index (χ2v) is 17.8. The molecule has 0 bridgehead atoms. The topological polar surface area (TPSA) is 103 Å². The molecule has 1 aromatic heterocycles. The number of ether oxygens (including phenoxy) is 1. The van der Waals surface area contributed by atoms with Crippen molar-refractivity contribution in [3.63, 3.8) is 0 Å². The molecule has 0 spiro atoms. The van der Waals surface area contributed by atoms with Gasteiger partial charge in [0.2, 0.25) is 11.9 Å². The van der Waals surface area contributed by atoms with Crippen LogP contribution in [-0.2, 0) is 9.53 Å². The van der Waals surface area contributed by atoms with E-state index in [2.05, 4.69) is 64.0 Å². The van der Waals surface area contributed by atoms with Crippen LogP contribution < -0.4 is 15.5 Å². The van der Waals surface area contributed by atoms with E-state index < -0.39 is 5.60 Å². The van der Waals surface area contributed by atoms with E-state index >= 15 is 0 Å². The number of aromatic nitrogens is 2. The first-order chi connectivity index (χ1) is 22.9. The number of amides is 2. The number of piperidine rings is 2. The van der Waals surface area contributed by atoms with Gasteiger partial charge >= 0.3 is 6.09 Å². The van der Waals surface area contributed by atoms with Crippen LogP contribution in [-0.4, -0.2) is 106 Å². The van der Waals surface area contributed by atoms with E-state index in [0.717, 1.165) is 50.7 Å². The molecule has 270 valence electrons. The molecule has 2 N–H and O–H groups in total. The first kappa shape index (κ1) is 37.0. The zero-order valence-corrected chi connectivity index (χ0v) is 31.5. The van der Waals surface area contributed by atoms with Gasteiger partial charge in [0.1, 0.15) is 11.4 Å². The van der Waals surface area contributed by atoms with Crippen LogP contribution in [0.5, 0.6) is 0 Å². The van der Waals surface area contributed by atoms with Crippen LogP contribution in [0.25, 0.3) is 0 Å². The lowest BCUT2D eigenvalue weighted by Crippen LogP contribution is -2.57. The van der Waals surface area contributed by atoms with Crippen LogP contribution >= 0.6 is 11.8 Å². The predicted molar refractivity (Wildman–Crippen MR) is 197 cm³/mol. The summed E-state index contributed by atoms with van der Waals surface area (Å²) in [6.07, 6.45) is 13.5. The van der Waals surface area contributed by atoms with Crippen molar-refractivity contribution in [1.82, 2.24) is 25.1 Å². The highest BCUT2D eigenvalue weighted by atomic mass is 32.2. The second kappa shape index (κ2) is 16.6. The summed E-state index contributed by atoms with van der Waals surface area (Å²) in [7, 11) is 0. The van der Waals surface area contributed by atoms with E-state index in [9.17, 15) is 9.59 Å². The normalized spacial score (nSPS) is 26.9. The van der Waals surface area contributed by atoms with Crippen LogP contribution in [0, 0.1) is 11.3 Å². The van der Waals surface area contributed by atoms with Crippen molar-refractivity contribution in [2.24, 2.45) is 11.3 Å². The Morgan fingerprint density at radius 1 is 0.938 bits per heavy atom. The van der Waals surface area contributed by atoms with Crippen molar-refractivity contribution in [1.29, 1.82) is 0 Å². The molecule has 0 saturated carbocycles. The molecule has 48 heavy (non-hydrogen) atoms. The summed E-state index contributed by atoms with van der Waals surface area (Å²) in [5.41, 5.74) is -0.714. The highest BCUT2D eigenvalue weighted by molar-refractivity contribution is 7.99. The third kappa shape index (κ3) is 10.1. The maximum atomic E-state index is 13.7. The number of nitrogens with one attached hydrogen (secondary N) is 2. The molecule has 0 aromatic carbocycles. The molecule has 5 heterocycles. The first-order valence-corrected chi connectivity index (χ1v) is 20.0. The summed E-state index contributed by atoms with van der Waals surface area (Å²) >= 11 is 2.07. The largest absolute Gasteiger partial charge is 0.444 e. The molecule has 4 aliphatic heterocycles. The molecule has 1 aromatic rings. The minimum atomic E-state index is -0.550. The Labute approximate surface area is 294 Å². The van der Waals surface area contributed by atoms with Gasteiger partial charge in [0.25, 0.3) is 0 Å². The number of carbonyl (C=O) groups is 2. The highest BCUT2D eigenvalue weighted by Crippen LogP contribution is 2.36. The summed E-state index contributed by atoms with van der Waals surface area (Å²) < 4.78 is 5.75. The fourth-order valence-corrected chi connectivity index (χ4v) is 9.28. The Hall–Kier alpha value is -2.27. The van der Waals surface area contributed by atoms with Gasteiger partial charge in [-0.05, 0) is 108 Å². The highest BCUT2D eigenvalue weighted by Gasteiger charge is 2.42. The minimum Gasteiger partial charge on any atom is -0.444 e. The molecule has 4 saturated heterocycles. The van der Waals surface area contributed by atoms with Crippen molar-refractivity contribution in [2.45, 2.75) is 142 Å². The number of rotatable bonds is 8. The van der Waals surface area contributed by atoms with Gasteiger partial charge in [0, 0.05) is 62.5 Å². The maximum Gasteiger partial charge on any atom is 0.410 e. The Morgan fingerprint density at radius 3 is 2.35 bits per heavy atom. The van der Waals surface area contributed by atoms with Crippen LogP contribution in [0.15, 0.2) is 12.3 Å². The minimum absolute atomic E-state index is 0.0616. The van der Waals surface area contributed by atoms with Gasteiger partial charge in [0.15, 0.2) is 0 Å². The van der Waals surface area contributed by atoms with E-state index in [1.165, 1.54) is 50.0 Å². The Bertz CT molecular complexity index is 1190. The van der Waals surface area contributed by atoms with Gasteiger partial charge in [0.05, 0.1) is 0 Å². The molecule has 4 fully saturated rings. The summed E-state index contributed by atoms with van der Waals surface area (Å²) in [5, 5.41) is 7.14. The van der Waals surface area contributed by atoms with Crippen molar-refractivity contribution >= 4 is 35.5 Å². The van der Waals surface area contributed by atoms with Crippen molar-refractivity contribution < 1.29 is 14.3 Å². The van der Waals surface area contributed by atoms with Gasteiger partial charge in [-0.3, -0.25) is 9.69 Å². The number of carbonyl (C=O) groups excluding carboxylic acids is 2. The number of likely N-dealkylation sites (tertiary alicyclic amines) is 2. The van der Waals surface area contributed by atoms with Gasteiger partial charge in [-0.15, -0.1) is 0 Å². The predicted octanol–water partition coefficient (Wildman–Crippen LogP) is 6.57. The van der Waals surface area contributed by atoms with Crippen molar-refractivity contribution in [3.05, 3.63) is 12.3 Å². The molecular formula is C37H63N7O3S. The lowest BCUT2D eigenvalue weighted by molar-refractivity contribution is -0.128. The molecule has 4 aliphatic rings. The maximum absolute atomic E-state index is 13.7. The second-order valence-electron chi connectivity index (χ2n) is 16.5. The van der Waals surface area contributed by atoms with E-state index in [0.29, 0.717) is 38.0 Å². The Morgan fingerprint density at radius 2 is 1.67 bits per heavy atom. The number of thioether (sulfide) groups is 1. The lowest BCUT2D eigenvalue weighted by atomic mass is 9.77. The molecule has 5 rings (SSSR count). The standard InChI is InChI=1S/C37H63N7O3S/c1-36(2,3)31-26-27(15-23-44(31)35(46)47-37(4,5)6)33(45)38-18-13-30-29(12-11-22-43(30)28-16-24-48-25-17-28)40-34-39-19-14-32(41-34)42-20-9-7-8-10-21-42/h14,19,27-31H,7-13,15-18,20-26H2,1-6H3,(H,38,45)(H,39,40,41). The fraction of sp³-hybridized carbons (Fsp3) is 0.838. The van der Waals surface area contributed by atoms with Gasteiger partial charge in [-0.1, -0.05) is 33.6 Å². The van der Waals surface area contributed by atoms with Gasteiger partial charge < -0.3 is 25.2 Å². The monoisotopic (exact) mass is 685 g/mol. The van der Waals surface area contributed by atoms with E-state index in [-0.39, 0.29) is 35.4 Å². The number of nitrogens with zero attached hydrogens (tertiary/aromatic N) is 5. The van der Waals surface area contributed by atoms with Crippen LogP contribution in [0.2, 0.25) is 0 Å². The quantitative estimate of drug-likeness (QED) is 0.315. The summed E-state index contributed by atoms with van der Waals surface area (Å²) in [4.78, 5) is 43.5. The molecule has 11 heteroatoms. The molecule has 0 radical (unpaired) electrons. The smallest absolute Gasteiger partial charge is 0.410 e. The molecule has 2 amide bonds. The number of hydrogen-bond donors (Lipinski definition) is 2. The Kier molecular flexibility index (Phi) is 12.8. The SMILES string of the molecule is CC(C)(C)OC(=O)N1CCC(C(=O)NCCC2C(Nc3nccc(N4CCCCCC4)n3)CCCN2C2CCSCC2)CC1C(C)(C)C. The zero-order chi connectivity index (χ0) is 34.3. The third-order valence-corrected chi connectivity index (χ3v) is 11.8. The molecule has 10 nitrogen and oxygen atoms in total. The van der Waals surface area contributed by atoms with Crippen molar-refractivity contribution in [2.75, 3.05) is 54.4 Å². The summed E-state index contributed by atoms with van der Waals surface area (Å²) in [5.74, 6) is 4.20. The third-order valence-electron chi connectivity index (χ3n) is 10.7. The Balaban J connectivity index is 1.23. The van der Waals surface area contributed by atoms with E-state index in [1.807, 2.05) is 31.9 Å². The number of hydrogen-bond acceptors (Lipinski definition) is 9. The fourth-order valence-electron chi connectivity index (χ4n) is 8.20. The van der Waals surface area contributed by atoms with Crippen LogP contribution in [0.3, 0.4) is 0 Å². The van der Waals surface area contributed by atoms with Crippen LogP contribution in [0.4, 0.5) is 16.6 Å². The van der Waals surface area contributed by atoms with Crippen molar-refractivity contribution in [3.8, 4) is 0 Å². The average molecular weight is 686 g/mol. The van der Waals surface area contributed by atoms with E-state index in [1.54, 1.807) is 0 Å². The lowest BCUT2D eigenvalue weighted by Gasteiger charge is -2.47. The molecule has 0 aliphatic carbocycles. The molecule has 4 unspecified atom stereocenters. The van der Waals surface area contributed by atoms with Crippen LogP contribution in [0.1, 0.15) is 112 Å². The van der Waals surface area contributed by atoms with E-state index in [4.69, 9.17) is 9.72 Å². The van der Waals surface area contributed by atoms with Gasteiger partial charge in [-0.2, -0.15) is 16.7 Å². The first-order valence-electron chi connectivity index (χ1n) is 18.8. The molecule has 4 atom stereocenters. The summed E-state index contributed by atoms with van der Waals surface area (Å²) in [6, 6.07) is 3.11. The summed E-state index contributed by atoms with van der Waals surface area (Å²) in [6.45, 7) is 16.6. The number of anilines is 2. The molecular weight excluding hydrogens is 623 g/mol. The van der Waals surface area contributed by atoms with Gasteiger partial charge in [-0.25, -0.2) is 9.78 Å².